The van der Waals surface area contributed by atoms with E-state index in [1.807, 2.05) is 47.6 Å². The minimum Gasteiger partial charge on any atom is -0.396 e. The molecule has 5 nitrogen and oxygen atoms in total. The molecule has 0 aliphatic heterocycles. The zero-order valence-corrected chi connectivity index (χ0v) is 18.6. The van der Waals surface area contributed by atoms with Gasteiger partial charge in [0, 0.05) is 24.8 Å². The lowest BCUT2D eigenvalue weighted by molar-refractivity contribution is -0.133. The van der Waals surface area contributed by atoms with Crippen LogP contribution in [0.3, 0.4) is 0 Å². The molecule has 158 valence electrons. The average Bonchev–Trinajstić information content (AvgIpc) is 2.63. The number of Topliss-reactive ketones (excluding diaryl/α,β-unsaturated/α-hetero) is 3. The Hall–Kier alpha value is -2.30. The van der Waals surface area contributed by atoms with Crippen LogP contribution in [0.15, 0.2) is 11.2 Å². The van der Waals surface area contributed by atoms with Crippen LogP contribution in [0.25, 0.3) is 0 Å². The lowest BCUT2D eigenvalue weighted by atomic mass is 9.72. The highest BCUT2D eigenvalue weighted by molar-refractivity contribution is 6.22. The first kappa shape index (κ1) is 23.0. The Kier molecular flexibility index (Phi) is 7.88. The SMILES string of the molecule is CCCC(=O)c1c(C)cc(C)c(C2CC(=O)C(/C(CC)=N\OCC)C(=O)C2)c1C. The Morgan fingerprint density at radius 3 is 2.21 bits per heavy atom. The predicted molar refractivity (Wildman–Crippen MR) is 115 cm³/mol. The predicted octanol–water partition coefficient (Wildman–Crippen LogP) is 5.03. The van der Waals surface area contributed by atoms with Crippen molar-refractivity contribution < 1.29 is 19.2 Å². The first-order valence-electron chi connectivity index (χ1n) is 10.6. The molecule has 0 atom stereocenters. The molecule has 29 heavy (non-hydrogen) atoms. The Bertz CT molecular complexity index is 820. The van der Waals surface area contributed by atoms with Crippen molar-refractivity contribution >= 4 is 23.1 Å². The number of nitrogens with zero attached hydrogens (tertiary/aromatic N) is 1. The number of oxime groups is 1. The third-order valence-electron chi connectivity index (χ3n) is 5.74. The lowest BCUT2D eigenvalue weighted by Crippen LogP contribution is -2.38. The molecule has 1 aromatic carbocycles. The van der Waals surface area contributed by atoms with Gasteiger partial charge in [0.25, 0.3) is 0 Å². The van der Waals surface area contributed by atoms with Gasteiger partial charge in [0.1, 0.15) is 24.1 Å². The number of carbonyl (C=O) groups is 3. The van der Waals surface area contributed by atoms with E-state index in [-0.39, 0.29) is 36.1 Å². The Morgan fingerprint density at radius 1 is 1.07 bits per heavy atom. The molecule has 0 spiro atoms. The zero-order valence-electron chi connectivity index (χ0n) is 18.6. The summed E-state index contributed by atoms with van der Waals surface area (Å²) < 4.78 is 0. The normalized spacial score (nSPS) is 20.1. The minimum atomic E-state index is -0.796. The van der Waals surface area contributed by atoms with E-state index in [1.54, 1.807) is 0 Å². The second-order valence-corrected chi connectivity index (χ2v) is 7.92. The Balaban J connectivity index is 2.41. The second-order valence-electron chi connectivity index (χ2n) is 7.92. The average molecular weight is 400 g/mol. The van der Waals surface area contributed by atoms with Gasteiger partial charge in [-0.15, -0.1) is 0 Å². The zero-order chi connectivity index (χ0) is 21.7. The summed E-state index contributed by atoms with van der Waals surface area (Å²) in [7, 11) is 0. The number of ketones is 3. The van der Waals surface area contributed by atoms with E-state index in [0.29, 0.717) is 25.2 Å². The minimum absolute atomic E-state index is 0.104. The molecule has 1 aromatic rings. The third-order valence-corrected chi connectivity index (χ3v) is 5.74. The highest BCUT2D eigenvalue weighted by Gasteiger charge is 2.40. The van der Waals surface area contributed by atoms with Gasteiger partial charge in [-0.2, -0.15) is 0 Å². The molecule has 5 heteroatoms. The second kappa shape index (κ2) is 9.95. The van der Waals surface area contributed by atoms with Crippen LogP contribution in [0, 0.1) is 26.7 Å². The van der Waals surface area contributed by atoms with Crippen LogP contribution in [0.1, 0.15) is 91.4 Å². The molecule has 2 rings (SSSR count). The first-order valence-corrected chi connectivity index (χ1v) is 10.6. The maximum absolute atomic E-state index is 12.9. The van der Waals surface area contributed by atoms with Gasteiger partial charge in [-0.05, 0) is 68.7 Å². The molecular formula is C24H33NO4. The van der Waals surface area contributed by atoms with Gasteiger partial charge in [-0.1, -0.05) is 25.1 Å². The molecule has 1 saturated carbocycles. The number of rotatable bonds is 8. The quantitative estimate of drug-likeness (QED) is 0.266. The van der Waals surface area contributed by atoms with Crippen LogP contribution in [0.4, 0.5) is 0 Å². The highest BCUT2D eigenvalue weighted by Crippen LogP contribution is 2.38. The van der Waals surface area contributed by atoms with Crippen molar-refractivity contribution in [2.45, 2.75) is 79.6 Å². The molecule has 0 heterocycles. The summed E-state index contributed by atoms with van der Waals surface area (Å²) >= 11 is 0. The van der Waals surface area contributed by atoms with Crippen molar-refractivity contribution in [1.29, 1.82) is 0 Å². The fourth-order valence-corrected chi connectivity index (χ4v) is 4.63. The third kappa shape index (κ3) is 4.82. The Morgan fingerprint density at radius 2 is 1.69 bits per heavy atom. The number of carbonyl (C=O) groups excluding carboxylic acids is 3. The Labute approximate surface area is 173 Å². The summed E-state index contributed by atoms with van der Waals surface area (Å²) in [5.41, 5.74) is 5.17. The van der Waals surface area contributed by atoms with Crippen molar-refractivity contribution in [1.82, 2.24) is 0 Å². The molecule has 1 aliphatic carbocycles. The maximum atomic E-state index is 12.9. The lowest BCUT2D eigenvalue weighted by Gasteiger charge is -2.30. The molecular weight excluding hydrogens is 366 g/mol. The van der Waals surface area contributed by atoms with Crippen molar-refractivity contribution in [2.24, 2.45) is 11.1 Å². The van der Waals surface area contributed by atoms with Crippen LogP contribution in [0.2, 0.25) is 0 Å². The molecule has 0 amide bonds. The van der Waals surface area contributed by atoms with Gasteiger partial charge in [-0.25, -0.2) is 0 Å². The number of aryl methyl sites for hydroxylation is 2. The van der Waals surface area contributed by atoms with E-state index < -0.39 is 5.92 Å². The molecule has 1 fully saturated rings. The highest BCUT2D eigenvalue weighted by atomic mass is 16.6. The molecule has 1 aliphatic rings. The largest absolute Gasteiger partial charge is 0.396 e. The number of hydrogen-bond donors (Lipinski definition) is 0. The van der Waals surface area contributed by atoms with Gasteiger partial charge in [0.05, 0.1) is 5.71 Å². The van der Waals surface area contributed by atoms with Crippen molar-refractivity contribution in [3.8, 4) is 0 Å². The summed E-state index contributed by atoms with van der Waals surface area (Å²) in [6.07, 6.45) is 2.37. The van der Waals surface area contributed by atoms with Gasteiger partial charge in [0.2, 0.25) is 0 Å². The van der Waals surface area contributed by atoms with Crippen molar-refractivity contribution in [2.75, 3.05) is 6.61 Å². The molecule has 0 bridgehead atoms. The molecule has 0 radical (unpaired) electrons. The van der Waals surface area contributed by atoms with Crippen LogP contribution >= 0.6 is 0 Å². The fourth-order valence-electron chi connectivity index (χ4n) is 4.63. The number of hydrogen-bond acceptors (Lipinski definition) is 5. The van der Waals surface area contributed by atoms with Crippen LogP contribution in [0.5, 0.6) is 0 Å². The topological polar surface area (TPSA) is 72.8 Å². The van der Waals surface area contributed by atoms with E-state index in [2.05, 4.69) is 5.16 Å². The van der Waals surface area contributed by atoms with Crippen molar-refractivity contribution in [3.63, 3.8) is 0 Å². The first-order chi connectivity index (χ1) is 13.8. The van der Waals surface area contributed by atoms with E-state index in [9.17, 15) is 14.4 Å². The molecule has 0 saturated heterocycles. The monoisotopic (exact) mass is 399 g/mol. The molecule has 0 N–H and O–H groups in total. The van der Waals surface area contributed by atoms with E-state index in [1.165, 1.54) is 0 Å². The van der Waals surface area contributed by atoms with E-state index in [4.69, 9.17) is 4.84 Å². The van der Waals surface area contributed by atoms with Gasteiger partial charge < -0.3 is 4.84 Å². The fraction of sp³-hybridized carbons (Fsp3) is 0.583. The summed E-state index contributed by atoms with van der Waals surface area (Å²) in [6, 6.07) is 2.01. The van der Waals surface area contributed by atoms with E-state index in [0.717, 1.165) is 34.2 Å². The van der Waals surface area contributed by atoms with E-state index >= 15 is 0 Å². The van der Waals surface area contributed by atoms with Gasteiger partial charge in [0.15, 0.2) is 5.78 Å². The summed E-state index contributed by atoms with van der Waals surface area (Å²) in [6.45, 7) is 12.0. The van der Waals surface area contributed by atoms with Crippen molar-refractivity contribution in [3.05, 3.63) is 33.9 Å². The molecule has 0 aromatic heterocycles. The summed E-state index contributed by atoms with van der Waals surface area (Å²) in [4.78, 5) is 43.7. The summed E-state index contributed by atoms with van der Waals surface area (Å²) in [5.74, 6) is -1.06. The van der Waals surface area contributed by atoms with Crippen LogP contribution < -0.4 is 0 Å². The molecule has 0 unspecified atom stereocenters. The number of benzene rings is 1. The summed E-state index contributed by atoms with van der Waals surface area (Å²) in [5, 5.41) is 4.02. The van der Waals surface area contributed by atoms with Gasteiger partial charge >= 0.3 is 0 Å². The maximum Gasteiger partial charge on any atom is 0.163 e. The standard InChI is InChI=1S/C24H33NO4/c1-7-10-19(26)23-15(5)11-14(4)22(16(23)6)17-12-20(27)24(21(28)13-17)18(8-2)25-29-9-3/h11,17,24H,7-10,12-13H2,1-6H3/b25-18-. The van der Waals surface area contributed by atoms with Crippen LogP contribution in [-0.4, -0.2) is 29.7 Å². The smallest absolute Gasteiger partial charge is 0.163 e. The van der Waals surface area contributed by atoms with Gasteiger partial charge in [-0.3, -0.25) is 14.4 Å². The van der Waals surface area contributed by atoms with Crippen LogP contribution in [-0.2, 0) is 14.4 Å².